The van der Waals surface area contributed by atoms with Gasteiger partial charge < -0.3 is 15.4 Å². The van der Waals surface area contributed by atoms with Gasteiger partial charge in [-0.2, -0.15) is 0 Å². The van der Waals surface area contributed by atoms with Crippen LogP contribution in [0.3, 0.4) is 0 Å². The van der Waals surface area contributed by atoms with Crippen molar-refractivity contribution in [2.24, 2.45) is 0 Å². The van der Waals surface area contributed by atoms with Crippen molar-refractivity contribution >= 4 is 17.4 Å². The third-order valence-electron chi connectivity index (χ3n) is 3.71. The first-order valence-corrected chi connectivity index (χ1v) is 7.68. The maximum Gasteiger partial charge on any atom is 0.427 e. The standard InChI is InChI=1S/C17H12N4O6/c22-17(18-10-11-4-2-1-3-5-11)14-15(27-19-16(14)21(25)26)12-6-8-13(9-7-12)20(23)24/h1-9H,10H2,(H,18,22). The Kier molecular flexibility index (Phi) is 4.88. The van der Waals surface area contributed by atoms with Crippen LogP contribution in [0.4, 0.5) is 11.5 Å². The molecule has 1 amide bonds. The van der Waals surface area contributed by atoms with Crippen LogP contribution >= 0.6 is 0 Å². The fourth-order valence-corrected chi connectivity index (χ4v) is 2.41. The van der Waals surface area contributed by atoms with Crippen molar-refractivity contribution in [3.8, 4) is 11.3 Å². The minimum absolute atomic E-state index is 0.137. The van der Waals surface area contributed by atoms with Crippen molar-refractivity contribution in [2.75, 3.05) is 0 Å². The SMILES string of the molecule is O=C(NCc1ccccc1)c1c([N+](=O)[O-])noc1-c1ccc([N+](=O)[O-])cc1. The first-order chi connectivity index (χ1) is 13.0. The molecule has 3 rings (SSSR count). The van der Waals surface area contributed by atoms with Gasteiger partial charge in [0.05, 0.1) is 4.92 Å². The number of nitrogens with one attached hydrogen (secondary N) is 1. The van der Waals surface area contributed by atoms with Crippen LogP contribution in [0.2, 0.25) is 0 Å². The van der Waals surface area contributed by atoms with Crippen molar-refractivity contribution < 1.29 is 19.2 Å². The van der Waals surface area contributed by atoms with E-state index in [0.717, 1.165) is 5.56 Å². The van der Waals surface area contributed by atoms with Crippen LogP contribution in [0.1, 0.15) is 15.9 Å². The van der Waals surface area contributed by atoms with Crippen molar-refractivity contribution in [3.63, 3.8) is 0 Å². The van der Waals surface area contributed by atoms with Crippen LogP contribution in [-0.2, 0) is 6.54 Å². The quantitative estimate of drug-likeness (QED) is 0.520. The minimum atomic E-state index is -0.824. The molecular formula is C17H12N4O6. The molecule has 0 fully saturated rings. The van der Waals surface area contributed by atoms with Crippen molar-refractivity contribution in [1.29, 1.82) is 0 Å². The Morgan fingerprint density at radius 2 is 1.67 bits per heavy atom. The summed E-state index contributed by atoms with van der Waals surface area (Å²) in [7, 11) is 0. The van der Waals surface area contributed by atoms with Crippen molar-refractivity contribution in [1.82, 2.24) is 10.5 Å². The van der Waals surface area contributed by atoms with Crippen LogP contribution in [0, 0.1) is 20.2 Å². The molecule has 0 bridgehead atoms. The van der Waals surface area contributed by atoms with Crippen LogP contribution in [0.25, 0.3) is 11.3 Å². The highest BCUT2D eigenvalue weighted by Crippen LogP contribution is 2.31. The first-order valence-electron chi connectivity index (χ1n) is 7.68. The molecule has 136 valence electrons. The van der Waals surface area contributed by atoms with Crippen molar-refractivity contribution in [3.05, 3.63) is 86.0 Å². The van der Waals surface area contributed by atoms with Gasteiger partial charge in [0.2, 0.25) is 5.76 Å². The average molecular weight is 368 g/mol. The molecule has 0 saturated heterocycles. The first kappa shape index (κ1) is 17.7. The van der Waals surface area contributed by atoms with Gasteiger partial charge in [-0.05, 0) is 22.6 Å². The Labute approximate surface area is 151 Å². The summed E-state index contributed by atoms with van der Waals surface area (Å²) in [5, 5.41) is 27.9. The summed E-state index contributed by atoms with van der Waals surface area (Å²) in [6.45, 7) is 0.154. The Bertz CT molecular complexity index is 998. The summed E-state index contributed by atoms with van der Waals surface area (Å²) in [6.07, 6.45) is 0. The van der Waals surface area contributed by atoms with Gasteiger partial charge in [-0.3, -0.25) is 19.4 Å². The molecule has 1 N–H and O–H groups in total. The number of nitro groups is 2. The number of rotatable bonds is 6. The number of aromatic nitrogens is 1. The number of hydrogen-bond acceptors (Lipinski definition) is 7. The van der Waals surface area contributed by atoms with E-state index in [4.69, 9.17) is 4.52 Å². The molecular weight excluding hydrogens is 356 g/mol. The van der Waals surface area contributed by atoms with E-state index in [1.54, 1.807) is 24.3 Å². The van der Waals surface area contributed by atoms with E-state index in [1.807, 2.05) is 6.07 Å². The van der Waals surface area contributed by atoms with Gasteiger partial charge in [0.25, 0.3) is 11.6 Å². The second-order valence-electron chi connectivity index (χ2n) is 5.44. The maximum atomic E-state index is 12.5. The summed E-state index contributed by atoms with van der Waals surface area (Å²) < 4.78 is 4.99. The monoisotopic (exact) mass is 368 g/mol. The zero-order valence-electron chi connectivity index (χ0n) is 13.7. The summed E-state index contributed by atoms with van der Waals surface area (Å²) in [5.41, 5.74) is 0.556. The van der Waals surface area contributed by atoms with E-state index in [9.17, 15) is 25.0 Å². The molecule has 0 aliphatic heterocycles. The second-order valence-corrected chi connectivity index (χ2v) is 5.44. The largest absolute Gasteiger partial charge is 0.427 e. The lowest BCUT2D eigenvalue weighted by atomic mass is 10.1. The fraction of sp³-hybridized carbons (Fsp3) is 0.0588. The Balaban J connectivity index is 1.93. The van der Waals surface area contributed by atoms with Gasteiger partial charge in [0, 0.05) is 24.2 Å². The Morgan fingerprint density at radius 3 is 2.26 bits per heavy atom. The summed E-state index contributed by atoms with van der Waals surface area (Å²) in [5.74, 6) is -1.60. The van der Waals surface area contributed by atoms with Gasteiger partial charge in [-0.15, -0.1) is 0 Å². The van der Waals surface area contributed by atoms with E-state index in [2.05, 4.69) is 10.5 Å². The molecule has 0 aliphatic rings. The normalized spacial score (nSPS) is 10.4. The molecule has 10 nitrogen and oxygen atoms in total. The molecule has 0 aliphatic carbocycles. The molecule has 2 aromatic carbocycles. The second kappa shape index (κ2) is 7.44. The Morgan fingerprint density at radius 1 is 1.00 bits per heavy atom. The number of non-ortho nitro benzene ring substituents is 1. The molecule has 0 atom stereocenters. The highest BCUT2D eigenvalue weighted by Gasteiger charge is 2.33. The summed E-state index contributed by atoms with van der Waals surface area (Å²) in [4.78, 5) is 33.1. The third-order valence-corrected chi connectivity index (χ3v) is 3.71. The predicted octanol–water partition coefficient (Wildman–Crippen LogP) is 3.09. The molecule has 1 aromatic heterocycles. The van der Waals surface area contributed by atoms with Crippen LogP contribution in [0.5, 0.6) is 0 Å². The molecule has 3 aromatic rings. The molecule has 0 saturated carbocycles. The number of benzene rings is 2. The zero-order chi connectivity index (χ0) is 19.4. The van der Waals surface area contributed by atoms with Crippen LogP contribution in [0.15, 0.2) is 59.1 Å². The molecule has 1 heterocycles. The highest BCUT2D eigenvalue weighted by molar-refractivity contribution is 6.02. The van der Waals surface area contributed by atoms with E-state index >= 15 is 0 Å². The van der Waals surface area contributed by atoms with E-state index in [0.29, 0.717) is 0 Å². The number of amides is 1. The van der Waals surface area contributed by atoms with E-state index < -0.39 is 21.6 Å². The molecule has 10 heteroatoms. The van der Waals surface area contributed by atoms with Crippen LogP contribution < -0.4 is 5.32 Å². The summed E-state index contributed by atoms with van der Waals surface area (Å²) in [6, 6.07) is 14.1. The number of carbonyl (C=O) groups excluding carboxylic acids is 1. The number of nitro benzene ring substituents is 1. The van der Waals surface area contributed by atoms with E-state index in [1.165, 1.54) is 24.3 Å². The van der Waals surface area contributed by atoms with Gasteiger partial charge in [0.15, 0.2) is 10.7 Å². The van der Waals surface area contributed by atoms with E-state index in [-0.39, 0.29) is 29.1 Å². The minimum Gasteiger partial charge on any atom is -0.358 e. The molecule has 0 unspecified atom stereocenters. The van der Waals surface area contributed by atoms with Gasteiger partial charge in [-0.1, -0.05) is 30.3 Å². The highest BCUT2D eigenvalue weighted by atomic mass is 16.6. The molecule has 27 heavy (non-hydrogen) atoms. The maximum absolute atomic E-state index is 12.5. The molecule has 0 radical (unpaired) electrons. The summed E-state index contributed by atoms with van der Waals surface area (Å²) >= 11 is 0. The smallest absolute Gasteiger partial charge is 0.358 e. The number of hydrogen-bond donors (Lipinski definition) is 1. The molecule has 0 spiro atoms. The Hall–Kier alpha value is -4.08. The van der Waals surface area contributed by atoms with Gasteiger partial charge >= 0.3 is 5.82 Å². The number of nitrogens with zero attached hydrogens (tertiary/aromatic N) is 3. The topological polar surface area (TPSA) is 141 Å². The fourth-order valence-electron chi connectivity index (χ4n) is 2.41. The predicted molar refractivity (Wildman–Crippen MR) is 92.9 cm³/mol. The van der Waals surface area contributed by atoms with Gasteiger partial charge in [-0.25, -0.2) is 0 Å². The lowest BCUT2D eigenvalue weighted by Gasteiger charge is -2.05. The average Bonchev–Trinajstić information content (AvgIpc) is 3.12. The van der Waals surface area contributed by atoms with Crippen molar-refractivity contribution in [2.45, 2.75) is 6.54 Å². The lowest BCUT2D eigenvalue weighted by molar-refractivity contribution is -0.391. The lowest BCUT2D eigenvalue weighted by Crippen LogP contribution is -2.23. The number of carbonyl (C=O) groups is 1. The third kappa shape index (κ3) is 3.79. The van der Waals surface area contributed by atoms with Crippen LogP contribution in [-0.4, -0.2) is 20.9 Å². The van der Waals surface area contributed by atoms with Gasteiger partial charge in [0.1, 0.15) is 0 Å². The zero-order valence-corrected chi connectivity index (χ0v) is 13.7.